The fraction of sp³-hybridized carbons (Fsp3) is 0.154. The molecule has 360 valence electrons. The average Bonchev–Trinajstić information content (AvgIpc) is 4.26. The number of halogens is 2. The lowest BCUT2D eigenvalue weighted by Gasteiger charge is -2.33. The Hall–Kier alpha value is -8.42. The Bertz CT molecular complexity index is 3360. The molecule has 18 nitrogen and oxygen atoms in total. The molecule has 0 aliphatic carbocycles. The minimum Gasteiger partial charge on any atom is -0.497 e. The van der Waals surface area contributed by atoms with E-state index in [1.807, 2.05) is 157 Å². The first-order valence-corrected chi connectivity index (χ1v) is 23.3. The van der Waals surface area contributed by atoms with E-state index in [-0.39, 0.29) is 12.1 Å². The number of nitrogens with zero attached hydrogens (tertiary/aromatic N) is 12. The molecular weight excluding hydrogens is 956 g/mol. The van der Waals surface area contributed by atoms with E-state index < -0.39 is 11.2 Å². The molecule has 6 aromatic carbocycles. The van der Waals surface area contributed by atoms with E-state index in [0.717, 1.165) is 33.6 Å². The van der Waals surface area contributed by atoms with Crippen molar-refractivity contribution in [2.45, 2.75) is 23.3 Å². The maximum absolute atomic E-state index is 12.4. The summed E-state index contributed by atoms with van der Waals surface area (Å²) in [6.07, 6.45) is 6.70. The molecule has 12 rings (SSSR count). The molecule has 0 saturated heterocycles. The van der Waals surface area contributed by atoms with Crippen LogP contribution < -0.4 is 20.1 Å². The standard InChI is InChI=1S/2C26H22ClN7O2/c2*1-33-15-28-14-23(33)26(35,17-6-9-20(36-2)10-7-17)18-8-11-22-21(13-18)24(16-4-3-5-19(27)12-16)34-25(29-22)30-31-32-34/h2*3-15,24,35H,1-2H3,(H,29,30,32). The molecule has 4 N–H and O–H groups in total. The van der Waals surface area contributed by atoms with Crippen molar-refractivity contribution in [2.75, 3.05) is 24.9 Å². The highest BCUT2D eigenvalue weighted by Crippen LogP contribution is 2.46. The van der Waals surface area contributed by atoms with Crippen LogP contribution >= 0.6 is 23.2 Å². The van der Waals surface area contributed by atoms with E-state index in [1.54, 1.807) is 48.6 Å². The van der Waals surface area contributed by atoms with Crippen molar-refractivity contribution in [3.8, 4) is 11.5 Å². The van der Waals surface area contributed by atoms with Crippen LogP contribution in [0.25, 0.3) is 0 Å². The Morgan fingerprint density at radius 2 is 0.931 bits per heavy atom. The maximum atomic E-state index is 12.4. The van der Waals surface area contributed by atoms with Gasteiger partial charge < -0.3 is 39.5 Å². The van der Waals surface area contributed by atoms with Crippen LogP contribution in [0.1, 0.15) is 68.0 Å². The normalized spacial score (nSPS) is 15.9. The number of tetrazole rings is 2. The number of hydrogen-bond donors (Lipinski definition) is 4. The fourth-order valence-electron chi connectivity index (χ4n) is 9.66. The highest BCUT2D eigenvalue weighted by atomic mass is 35.5. The van der Waals surface area contributed by atoms with E-state index in [2.05, 4.69) is 51.7 Å². The Morgan fingerprint density at radius 1 is 0.528 bits per heavy atom. The van der Waals surface area contributed by atoms with Gasteiger partial charge in [0, 0.05) is 46.6 Å². The van der Waals surface area contributed by atoms with Crippen molar-refractivity contribution < 1.29 is 19.7 Å². The number of methoxy groups -OCH3 is 2. The number of hydrogen-bond acceptors (Lipinski definition) is 14. The van der Waals surface area contributed by atoms with E-state index in [4.69, 9.17) is 32.7 Å². The molecule has 0 amide bonds. The van der Waals surface area contributed by atoms with Crippen LogP contribution in [0.15, 0.2) is 159 Å². The SMILES string of the molecule is COc1ccc(C(O)(c2ccc3c(c2)C(c2cccc(Cl)c2)n2nnnc2N3)c2cncn2C)cc1.COc1ccc(C(O)(c2ccc3c(c2)C(c2cccc(Cl)c2)n2nnnc2N3)c2cncn2C)cc1. The molecule has 20 heteroatoms. The third-order valence-electron chi connectivity index (χ3n) is 13.2. The molecule has 4 unspecified atom stereocenters. The quantitative estimate of drug-likeness (QED) is 0.102. The molecule has 0 fully saturated rings. The first-order chi connectivity index (χ1) is 35.0. The largest absolute Gasteiger partial charge is 0.497 e. The van der Waals surface area contributed by atoms with Gasteiger partial charge in [-0.1, -0.05) is 94.1 Å². The molecule has 4 aromatic heterocycles. The molecule has 10 aromatic rings. The predicted octanol–water partition coefficient (Wildman–Crippen LogP) is 8.10. The second-order valence-electron chi connectivity index (χ2n) is 17.3. The predicted molar refractivity (Wildman–Crippen MR) is 269 cm³/mol. The fourth-order valence-corrected chi connectivity index (χ4v) is 10.1. The summed E-state index contributed by atoms with van der Waals surface area (Å²) in [5.41, 5.74) is 6.26. The molecule has 0 radical (unpaired) electrons. The third-order valence-corrected chi connectivity index (χ3v) is 13.7. The first-order valence-electron chi connectivity index (χ1n) is 22.5. The number of aromatic nitrogens is 12. The molecule has 2 aliphatic heterocycles. The van der Waals surface area contributed by atoms with Gasteiger partial charge in [0.05, 0.1) is 50.7 Å². The van der Waals surface area contributed by atoms with Crippen molar-refractivity contribution in [1.82, 2.24) is 59.5 Å². The number of imidazole rings is 2. The summed E-state index contributed by atoms with van der Waals surface area (Å²) < 4.78 is 17.7. The molecule has 72 heavy (non-hydrogen) atoms. The Labute approximate surface area is 422 Å². The minimum atomic E-state index is -1.49. The summed E-state index contributed by atoms with van der Waals surface area (Å²) >= 11 is 12.7. The van der Waals surface area contributed by atoms with Crippen LogP contribution in [0.3, 0.4) is 0 Å². The average molecular weight is 1000 g/mol. The summed E-state index contributed by atoms with van der Waals surface area (Å²) in [5, 5.41) is 57.1. The summed E-state index contributed by atoms with van der Waals surface area (Å²) in [5.74, 6) is 2.45. The summed E-state index contributed by atoms with van der Waals surface area (Å²) in [4.78, 5) is 8.55. The summed E-state index contributed by atoms with van der Waals surface area (Å²) in [7, 11) is 6.95. The van der Waals surface area contributed by atoms with Gasteiger partial charge in [0.1, 0.15) is 23.6 Å². The number of anilines is 4. The lowest BCUT2D eigenvalue weighted by Crippen LogP contribution is -2.32. The molecule has 6 heterocycles. The van der Waals surface area contributed by atoms with Crippen molar-refractivity contribution in [2.24, 2.45) is 14.1 Å². The van der Waals surface area contributed by atoms with Gasteiger partial charge in [-0.3, -0.25) is 0 Å². The van der Waals surface area contributed by atoms with Crippen molar-refractivity contribution >= 4 is 46.5 Å². The van der Waals surface area contributed by atoms with E-state index in [0.29, 0.717) is 67.1 Å². The number of nitrogens with one attached hydrogen (secondary N) is 2. The van der Waals surface area contributed by atoms with Crippen LogP contribution in [0, 0.1) is 0 Å². The third kappa shape index (κ3) is 7.86. The summed E-state index contributed by atoms with van der Waals surface area (Å²) in [6, 6.07) is 40.9. The van der Waals surface area contributed by atoms with Crippen LogP contribution in [0.2, 0.25) is 10.0 Å². The van der Waals surface area contributed by atoms with E-state index in [1.165, 1.54) is 0 Å². The Morgan fingerprint density at radius 3 is 1.29 bits per heavy atom. The second-order valence-corrected chi connectivity index (χ2v) is 18.2. The van der Waals surface area contributed by atoms with Crippen molar-refractivity contribution in [3.05, 3.63) is 224 Å². The second kappa shape index (κ2) is 18.4. The van der Waals surface area contributed by atoms with Crippen LogP contribution in [0.4, 0.5) is 23.3 Å². The van der Waals surface area contributed by atoms with Crippen molar-refractivity contribution in [3.63, 3.8) is 0 Å². The van der Waals surface area contributed by atoms with Crippen LogP contribution in [0.5, 0.6) is 11.5 Å². The van der Waals surface area contributed by atoms with E-state index in [9.17, 15) is 10.2 Å². The number of fused-ring (bicyclic) bond motifs is 4. The monoisotopic (exact) mass is 998 g/mol. The maximum Gasteiger partial charge on any atom is 0.248 e. The lowest BCUT2D eigenvalue weighted by molar-refractivity contribution is 0.117. The lowest BCUT2D eigenvalue weighted by atomic mass is 9.81. The molecule has 2 aliphatic rings. The highest BCUT2D eigenvalue weighted by Gasteiger charge is 2.41. The van der Waals surface area contributed by atoms with Gasteiger partial charge in [0.15, 0.2) is 11.2 Å². The number of ether oxygens (including phenoxy) is 2. The van der Waals surface area contributed by atoms with E-state index >= 15 is 0 Å². The molecular formula is C52H44Cl2N14O4. The van der Waals surface area contributed by atoms with Crippen LogP contribution in [-0.4, -0.2) is 83.9 Å². The Kier molecular flexibility index (Phi) is 11.8. The molecule has 0 spiro atoms. The van der Waals surface area contributed by atoms with Crippen LogP contribution in [-0.2, 0) is 25.3 Å². The number of benzene rings is 6. The molecule has 0 saturated carbocycles. The van der Waals surface area contributed by atoms with Gasteiger partial charge in [-0.15, -0.1) is 0 Å². The number of aryl methyl sites for hydroxylation is 2. The zero-order valence-electron chi connectivity index (χ0n) is 39.0. The molecule has 4 atom stereocenters. The van der Waals surface area contributed by atoms with Gasteiger partial charge in [0.2, 0.25) is 11.9 Å². The van der Waals surface area contributed by atoms with Gasteiger partial charge in [-0.05, 0) is 127 Å². The number of rotatable bonds is 10. The topological polar surface area (TPSA) is 206 Å². The molecule has 0 bridgehead atoms. The summed E-state index contributed by atoms with van der Waals surface area (Å²) in [6.45, 7) is 0. The van der Waals surface area contributed by atoms with Gasteiger partial charge >= 0.3 is 0 Å². The number of aliphatic hydroxyl groups is 2. The Balaban J connectivity index is 0.000000156. The van der Waals surface area contributed by atoms with Gasteiger partial charge in [0.25, 0.3) is 0 Å². The smallest absolute Gasteiger partial charge is 0.248 e. The zero-order valence-corrected chi connectivity index (χ0v) is 40.5. The van der Waals surface area contributed by atoms with Crippen molar-refractivity contribution in [1.29, 1.82) is 0 Å². The first kappa shape index (κ1) is 46.0. The van der Waals surface area contributed by atoms with Gasteiger partial charge in [-0.25, -0.2) is 9.97 Å². The zero-order chi connectivity index (χ0) is 49.7. The minimum absolute atomic E-state index is 0.350. The van der Waals surface area contributed by atoms with Gasteiger partial charge in [-0.2, -0.15) is 9.36 Å². The highest BCUT2D eigenvalue weighted by molar-refractivity contribution is 6.31.